The number of rotatable bonds is 7. The first-order valence-corrected chi connectivity index (χ1v) is 5.70. The number of nitrogens with two attached hydrogens (primary N) is 1. The van der Waals surface area contributed by atoms with E-state index in [-0.39, 0.29) is 17.5 Å². The Morgan fingerprint density at radius 3 is 2.88 bits per heavy atom. The molecule has 0 saturated heterocycles. The minimum atomic E-state index is -0.598. The molecule has 1 aromatic rings. The number of nitrogens with zero attached hydrogens (tertiary/aromatic N) is 2. The molecule has 0 fully saturated rings. The van der Waals surface area contributed by atoms with Crippen molar-refractivity contribution in [3.8, 4) is 0 Å². The van der Waals surface area contributed by atoms with E-state index in [1.54, 1.807) is 0 Å². The normalized spacial score (nSPS) is 10.2. The van der Waals surface area contributed by atoms with Gasteiger partial charge in [0.25, 0.3) is 5.91 Å². The lowest BCUT2D eigenvalue weighted by Gasteiger charge is -2.08. The fraction of sp³-hybridized carbons (Fsp3) is 0.500. The molecule has 6 nitrogen and oxygen atoms in total. The second kappa shape index (κ2) is 7.03. The molecule has 0 atom stereocenters. The van der Waals surface area contributed by atoms with E-state index in [1.165, 1.54) is 6.20 Å². The van der Waals surface area contributed by atoms with Gasteiger partial charge in [-0.3, -0.25) is 4.79 Å². The van der Waals surface area contributed by atoms with E-state index in [0.717, 1.165) is 19.3 Å². The van der Waals surface area contributed by atoms with Gasteiger partial charge < -0.3 is 16.2 Å². The summed E-state index contributed by atoms with van der Waals surface area (Å²) in [6.07, 6.45) is 3.82. The van der Waals surface area contributed by atoms with Crippen LogP contribution in [-0.2, 0) is 0 Å². The zero-order chi connectivity index (χ0) is 12.7. The van der Waals surface area contributed by atoms with Gasteiger partial charge in [0.15, 0.2) is 0 Å². The van der Waals surface area contributed by atoms with E-state index in [4.69, 9.17) is 22.4 Å². The summed E-state index contributed by atoms with van der Waals surface area (Å²) >= 11 is 5.64. The Labute approximate surface area is 104 Å². The highest BCUT2D eigenvalue weighted by Crippen LogP contribution is 2.13. The molecule has 1 aromatic heterocycles. The second-order valence-electron chi connectivity index (χ2n) is 3.48. The van der Waals surface area contributed by atoms with Crippen LogP contribution in [0, 0.1) is 0 Å². The van der Waals surface area contributed by atoms with Crippen molar-refractivity contribution in [1.29, 1.82) is 0 Å². The summed E-state index contributed by atoms with van der Waals surface area (Å²) in [4.78, 5) is 18.7. The van der Waals surface area contributed by atoms with E-state index in [9.17, 15) is 4.79 Å². The molecule has 0 aliphatic heterocycles. The van der Waals surface area contributed by atoms with Crippen LogP contribution in [0.1, 0.15) is 29.6 Å². The number of amides is 1. The highest BCUT2D eigenvalue weighted by atomic mass is 35.5. The topological polar surface area (TPSA) is 101 Å². The summed E-state index contributed by atoms with van der Waals surface area (Å²) < 4.78 is 0. The molecule has 7 heteroatoms. The molecular formula is C10H15ClN4O2. The van der Waals surface area contributed by atoms with Crippen LogP contribution in [-0.4, -0.2) is 34.1 Å². The average molecular weight is 259 g/mol. The maximum atomic E-state index is 11.1. The smallest absolute Gasteiger partial charge is 0.254 e. The molecular weight excluding hydrogens is 244 g/mol. The molecule has 0 spiro atoms. The van der Waals surface area contributed by atoms with E-state index in [1.807, 2.05) is 0 Å². The van der Waals surface area contributed by atoms with Crippen molar-refractivity contribution < 1.29 is 9.90 Å². The van der Waals surface area contributed by atoms with Crippen LogP contribution in [0.25, 0.3) is 0 Å². The molecule has 94 valence electrons. The van der Waals surface area contributed by atoms with Gasteiger partial charge in [0, 0.05) is 19.3 Å². The number of nitrogens with one attached hydrogen (secondary N) is 1. The van der Waals surface area contributed by atoms with Crippen LogP contribution in [0.5, 0.6) is 0 Å². The Hall–Kier alpha value is -1.40. The van der Waals surface area contributed by atoms with Gasteiger partial charge in [-0.15, -0.1) is 0 Å². The van der Waals surface area contributed by atoms with Crippen molar-refractivity contribution in [2.24, 2.45) is 5.73 Å². The number of aliphatic hydroxyl groups excluding tert-OH is 1. The van der Waals surface area contributed by atoms with Gasteiger partial charge in [0.05, 0.1) is 5.56 Å². The number of anilines is 1. The molecule has 1 rings (SSSR count). The monoisotopic (exact) mass is 258 g/mol. The summed E-state index contributed by atoms with van der Waals surface area (Å²) in [5.74, 6) is -0.249. The van der Waals surface area contributed by atoms with Gasteiger partial charge >= 0.3 is 0 Å². The van der Waals surface area contributed by atoms with Crippen molar-refractivity contribution in [3.63, 3.8) is 0 Å². The van der Waals surface area contributed by atoms with E-state index >= 15 is 0 Å². The lowest BCUT2D eigenvalue weighted by atomic mass is 10.2. The molecule has 0 unspecified atom stereocenters. The summed E-state index contributed by atoms with van der Waals surface area (Å²) in [5, 5.41) is 11.7. The molecule has 0 bridgehead atoms. The van der Waals surface area contributed by atoms with Gasteiger partial charge in [-0.05, 0) is 30.9 Å². The van der Waals surface area contributed by atoms with Crippen LogP contribution >= 0.6 is 11.6 Å². The van der Waals surface area contributed by atoms with Crippen molar-refractivity contribution in [2.45, 2.75) is 19.3 Å². The van der Waals surface area contributed by atoms with Crippen molar-refractivity contribution >= 4 is 23.3 Å². The zero-order valence-corrected chi connectivity index (χ0v) is 10.1. The summed E-state index contributed by atoms with van der Waals surface area (Å²) in [6, 6.07) is 0. The number of aromatic nitrogens is 2. The number of hydrogen-bond donors (Lipinski definition) is 3. The number of halogens is 1. The molecule has 17 heavy (non-hydrogen) atoms. The maximum Gasteiger partial charge on any atom is 0.254 e. The Bertz CT molecular complexity index is 387. The third-order valence-corrected chi connectivity index (χ3v) is 2.33. The van der Waals surface area contributed by atoms with Crippen molar-refractivity contribution in [1.82, 2.24) is 9.97 Å². The Morgan fingerprint density at radius 2 is 2.24 bits per heavy atom. The van der Waals surface area contributed by atoms with Crippen LogP contribution in [0.15, 0.2) is 6.20 Å². The standard InChI is InChI=1S/C10H15ClN4O2/c11-10-14-6-7(8(12)17)9(15-10)13-4-2-1-3-5-16/h6,16H,1-5H2,(H2,12,17)(H,13,14,15). The summed E-state index contributed by atoms with van der Waals surface area (Å²) in [5.41, 5.74) is 5.40. The molecule has 4 N–H and O–H groups in total. The fourth-order valence-corrected chi connectivity index (χ4v) is 1.43. The van der Waals surface area contributed by atoms with Crippen LogP contribution in [0.3, 0.4) is 0 Å². The Balaban J connectivity index is 2.56. The Morgan fingerprint density at radius 1 is 1.47 bits per heavy atom. The van der Waals surface area contributed by atoms with Crippen LogP contribution in [0.4, 0.5) is 5.82 Å². The quantitative estimate of drug-likeness (QED) is 0.496. The number of hydrogen-bond acceptors (Lipinski definition) is 5. The van der Waals surface area contributed by atoms with Gasteiger partial charge in [-0.2, -0.15) is 4.98 Å². The molecule has 1 amide bonds. The van der Waals surface area contributed by atoms with Gasteiger partial charge in [0.2, 0.25) is 5.28 Å². The summed E-state index contributed by atoms with van der Waals surface area (Å²) in [6.45, 7) is 0.819. The third kappa shape index (κ3) is 4.54. The minimum Gasteiger partial charge on any atom is -0.396 e. The van der Waals surface area contributed by atoms with Crippen LogP contribution in [0.2, 0.25) is 5.28 Å². The number of unbranched alkanes of at least 4 members (excludes halogenated alkanes) is 2. The minimum absolute atomic E-state index is 0.0628. The lowest BCUT2D eigenvalue weighted by molar-refractivity contribution is 0.100. The fourth-order valence-electron chi connectivity index (χ4n) is 1.30. The molecule has 0 aliphatic rings. The predicted molar refractivity (Wildman–Crippen MR) is 65.0 cm³/mol. The highest BCUT2D eigenvalue weighted by Gasteiger charge is 2.10. The first-order valence-electron chi connectivity index (χ1n) is 5.32. The second-order valence-corrected chi connectivity index (χ2v) is 3.81. The number of primary amides is 1. The molecule has 0 saturated carbocycles. The van der Waals surface area contributed by atoms with E-state index in [2.05, 4.69) is 15.3 Å². The first kappa shape index (κ1) is 13.7. The number of carbonyl (C=O) groups excluding carboxylic acids is 1. The van der Waals surface area contributed by atoms with E-state index < -0.39 is 5.91 Å². The number of aliphatic hydroxyl groups is 1. The average Bonchev–Trinajstić information content (AvgIpc) is 2.28. The number of carbonyl (C=O) groups is 1. The molecule has 0 aliphatic carbocycles. The lowest BCUT2D eigenvalue weighted by Crippen LogP contribution is -2.16. The summed E-state index contributed by atoms with van der Waals surface area (Å²) in [7, 11) is 0. The largest absolute Gasteiger partial charge is 0.396 e. The molecule has 0 radical (unpaired) electrons. The zero-order valence-electron chi connectivity index (χ0n) is 9.32. The third-order valence-electron chi connectivity index (χ3n) is 2.15. The molecule has 0 aromatic carbocycles. The molecule has 1 heterocycles. The maximum absolute atomic E-state index is 11.1. The van der Waals surface area contributed by atoms with Gasteiger partial charge in [-0.1, -0.05) is 0 Å². The predicted octanol–water partition coefficient (Wildman–Crippen LogP) is 0.803. The first-order chi connectivity index (χ1) is 8.15. The van der Waals surface area contributed by atoms with Crippen LogP contribution < -0.4 is 11.1 Å². The van der Waals surface area contributed by atoms with Gasteiger partial charge in [0.1, 0.15) is 5.82 Å². The van der Waals surface area contributed by atoms with Crippen molar-refractivity contribution in [2.75, 3.05) is 18.5 Å². The van der Waals surface area contributed by atoms with E-state index in [0.29, 0.717) is 12.4 Å². The SMILES string of the molecule is NC(=O)c1cnc(Cl)nc1NCCCCCO. The Kier molecular flexibility index (Phi) is 5.65. The van der Waals surface area contributed by atoms with Crippen molar-refractivity contribution in [3.05, 3.63) is 17.0 Å². The highest BCUT2D eigenvalue weighted by molar-refractivity contribution is 6.28. The van der Waals surface area contributed by atoms with Gasteiger partial charge in [-0.25, -0.2) is 4.98 Å².